The SMILES string of the molecule is O=C(CN(C1CCCCC1)S(=O)(=O)c1ccc(Cl)cc1)NCc1ccc2c(c1)OCO2. The van der Waals surface area contributed by atoms with Gasteiger partial charge in [0.15, 0.2) is 11.5 Å². The van der Waals surface area contributed by atoms with Crippen molar-refractivity contribution in [2.75, 3.05) is 13.3 Å². The number of sulfonamides is 1. The van der Waals surface area contributed by atoms with Gasteiger partial charge in [-0.05, 0) is 54.8 Å². The molecule has 0 saturated heterocycles. The van der Waals surface area contributed by atoms with Crippen molar-refractivity contribution in [3.05, 3.63) is 53.1 Å². The number of carbonyl (C=O) groups excluding carboxylic acids is 1. The van der Waals surface area contributed by atoms with E-state index in [2.05, 4.69) is 5.32 Å². The minimum absolute atomic E-state index is 0.144. The van der Waals surface area contributed by atoms with Gasteiger partial charge in [-0.25, -0.2) is 8.42 Å². The van der Waals surface area contributed by atoms with Crippen molar-refractivity contribution in [3.63, 3.8) is 0 Å². The van der Waals surface area contributed by atoms with Gasteiger partial charge >= 0.3 is 0 Å². The van der Waals surface area contributed by atoms with Crippen LogP contribution >= 0.6 is 11.6 Å². The topological polar surface area (TPSA) is 84.9 Å². The number of rotatable bonds is 7. The summed E-state index contributed by atoms with van der Waals surface area (Å²) >= 11 is 5.92. The molecule has 2 aliphatic rings. The van der Waals surface area contributed by atoms with E-state index in [0.29, 0.717) is 16.5 Å². The summed E-state index contributed by atoms with van der Waals surface area (Å²) in [6.45, 7) is 0.235. The Hall–Kier alpha value is -2.29. The predicted octanol–water partition coefficient (Wildman–Crippen LogP) is 3.71. The smallest absolute Gasteiger partial charge is 0.243 e. The summed E-state index contributed by atoms with van der Waals surface area (Å²) in [5.74, 6) is 0.967. The van der Waals surface area contributed by atoms with Crippen LogP contribution in [0.1, 0.15) is 37.7 Å². The highest BCUT2D eigenvalue weighted by Gasteiger charge is 2.34. The van der Waals surface area contributed by atoms with Crippen LogP contribution in [0.15, 0.2) is 47.4 Å². The van der Waals surface area contributed by atoms with Gasteiger partial charge in [0.1, 0.15) is 0 Å². The maximum atomic E-state index is 13.4. The summed E-state index contributed by atoms with van der Waals surface area (Å²) in [5, 5.41) is 3.29. The summed E-state index contributed by atoms with van der Waals surface area (Å²) < 4.78 is 38.7. The molecule has 0 atom stereocenters. The van der Waals surface area contributed by atoms with Gasteiger partial charge in [-0.15, -0.1) is 0 Å². The van der Waals surface area contributed by atoms with Gasteiger partial charge in [0.2, 0.25) is 22.7 Å². The fraction of sp³-hybridized carbons (Fsp3) is 0.409. The number of nitrogens with zero attached hydrogens (tertiary/aromatic N) is 1. The fourth-order valence-electron chi connectivity index (χ4n) is 3.97. The monoisotopic (exact) mass is 464 g/mol. The lowest BCUT2D eigenvalue weighted by Gasteiger charge is -2.33. The van der Waals surface area contributed by atoms with Crippen molar-refractivity contribution in [1.29, 1.82) is 0 Å². The van der Waals surface area contributed by atoms with E-state index >= 15 is 0 Å². The molecule has 0 bridgehead atoms. The lowest BCUT2D eigenvalue weighted by atomic mass is 9.95. The van der Waals surface area contributed by atoms with Crippen molar-refractivity contribution in [2.24, 2.45) is 0 Å². The molecule has 7 nitrogen and oxygen atoms in total. The Morgan fingerprint density at radius 3 is 2.48 bits per heavy atom. The number of halogens is 1. The van der Waals surface area contributed by atoms with Crippen LogP contribution in [0.4, 0.5) is 0 Å². The van der Waals surface area contributed by atoms with E-state index in [1.165, 1.54) is 16.4 Å². The van der Waals surface area contributed by atoms with Crippen LogP contribution < -0.4 is 14.8 Å². The van der Waals surface area contributed by atoms with Crippen LogP contribution in [0.2, 0.25) is 5.02 Å². The van der Waals surface area contributed by atoms with Gasteiger partial charge in [-0.1, -0.05) is 36.9 Å². The van der Waals surface area contributed by atoms with E-state index in [9.17, 15) is 13.2 Å². The van der Waals surface area contributed by atoms with E-state index in [-0.39, 0.29) is 36.7 Å². The number of carbonyl (C=O) groups is 1. The molecular weight excluding hydrogens is 440 g/mol. The third-order valence-electron chi connectivity index (χ3n) is 5.63. The summed E-state index contributed by atoms with van der Waals surface area (Å²) in [7, 11) is -3.83. The molecule has 0 radical (unpaired) electrons. The molecular formula is C22H25ClN2O5S. The third-order valence-corrected chi connectivity index (χ3v) is 7.79. The zero-order valence-electron chi connectivity index (χ0n) is 17.1. The molecule has 1 aliphatic heterocycles. The quantitative estimate of drug-likeness (QED) is 0.675. The molecule has 31 heavy (non-hydrogen) atoms. The molecule has 2 aromatic carbocycles. The number of benzene rings is 2. The first kappa shape index (κ1) is 21.9. The number of amides is 1. The molecule has 1 saturated carbocycles. The van der Waals surface area contributed by atoms with E-state index in [0.717, 1.165) is 37.7 Å². The third kappa shape index (κ3) is 5.14. The summed E-state index contributed by atoms with van der Waals surface area (Å²) in [6, 6.07) is 11.3. The second-order valence-electron chi connectivity index (χ2n) is 7.76. The normalized spacial score (nSPS) is 16.5. The minimum atomic E-state index is -3.83. The van der Waals surface area contributed by atoms with Gasteiger partial charge in [-0.3, -0.25) is 4.79 Å². The lowest BCUT2D eigenvalue weighted by molar-refractivity contribution is -0.121. The standard InChI is InChI=1S/C22H25ClN2O5S/c23-17-7-9-19(10-8-17)31(27,28)25(18-4-2-1-3-5-18)14-22(26)24-13-16-6-11-20-21(12-16)30-15-29-20/h6-12,18H,1-5,13-15H2,(H,24,26). The molecule has 1 N–H and O–H groups in total. The van der Waals surface area contributed by atoms with E-state index in [4.69, 9.17) is 21.1 Å². The molecule has 9 heteroatoms. The maximum absolute atomic E-state index is 13.4. The van der Waals surface area contributed by atoms with Crippen LogP contribution in [0.5, 0.6) is 11.5 Å². The first-order valence-electron chi connectivity index (χ1n) is 10.4. The molecule has 1 amide bonds. The average Bonchev–Trinajstić information content (AvgIpc) is 3.25. The number of hydrogen-bond donors (Lipinski definition) is 1. The summed E-state index contributed by atoms with van der Waals surface area (Å²) in [4.78, 5) is 12.9. The van der Waals surface area contributed by atoms with Crippen LogP contribution in [-0.4, -0.2) is 38.0 Å². The lowest BCUT2D eigenvalue weighted by Crippen LogP contribution is -2.46. The first-order valence-corrected chi connectivity index (χ1v) is 12.2. The maximum Gasteiger partial charge on any atom is 0.243 e. The van der Waals surface area contributed by atoms with Gasteiger partial charge in [0.05, 0.1) is 11.4 Å². The molecule has 1 fully saturated rings. The van der Waals surface area contributed by atoms with Crippen LogP contribution in [0, 0.1) is 0 Å². The highest BCUT2D eigenvalue weighted by atomic mass is 35.5. The van der Waals surface area contributed by atoms with Crippen molar-refractivity contribution >= 4 is 27.5 Å². The largest absolute Gasteiger partial charge is 0.454 e. The highest BCUT2D eigenvalue weighted by molar-refractivity contribution is 7.89. The van der Waals surface area contributed by atoms with Gasteiger partial charge in [0, 0.05) is 17.6 Å². The Morgan fingerprint density at radius 1 is 1.03 bits per heavy atom. The molecule has 0 unspecified atom stereocenters. The Labute approximate surface area is 187 Å². The number of nitrogens with one attached hydrogen (secondary N) is 1. The Bertz CT molecular complexity index is 1040. The Kier molecular flexibility index (Phi) is 6.69. The summed E-state index contributed by atoms with van der Waals surface area (Å²) in [5.41, 5.74) is 0.849. The summed E-state index contributed by atoms with van der Waals surface area (Å²) in [6.07, 6.45) is 4.50. The fourth-order valence-corrected chi connectivity index (χ4v) is 5.74. The van der Waals surface area contributed by atoms with Crippen molar-refractivity contribution < 1.29 is 22.7 Å². The predicted molar refractivity (Wildman–Crippen MR) is 117 cm³/mol. The second kappa shape index (κ2) is 9.46. The Morgan fingerprint density at radius 2 is 1.74 bits per heavy atom. The van der Waals surface area contributed by atoms with E-state index in [1.807, 2.05) is 12.1 Å². The van der Waals surface area contributed by atoms with Crippen LogP contribution in [0.3, 0.4) is 0 Å². The highest BCUT2D eigenvalue weighted by Crippen LogP contribution is 2.32. The molecule has 4 rings (SSSR count). The average molecular weight is 465 g/mol. The number of ether oxygens (including phenoxy) is 2. The molecule has 2 aromatic rings. The van der Waals surface area contributed by atoms with Gasteiger partial charge < -0.3 is 14.8 Å². The van der Waals surface area contributed by atoms with Crippen LogP contribution in [-0.2, 0) is 21.4 Å². The number of hydrogen-bond acceptors (Lipinski definition) is 5. The Balaban J connectivity index is 1.47. The van der Waals surface area contributed by atoms with Crippen LogP contribution in [0.25, 0.3) is 0 Å². The minimum Gasteiger partial charge on any atom is -0.454 e. The molecule has 166 valence electrons. The second-order valence-corrected chi connectivity index (χ2v) is 10.1. The zero-order valence-corrected chi connectivity index (χ0v) is 18.6. The molecule has 0 spiro atoms. The van der Waals surface area contributed by atoms with Crippen molar-refractivity contribution in [1.82, 2.24) is 9.62 Å². The zero-order chi connectivity index (χ0) is 21.8. The molecule has 0 aromatic heterocycles. The van der Waals surface area contributed by atoms with Gasteiger partial charge in [-0.2, -0.15) is 4.31 Å². The molecule has 1 heterocycles. The van der Waals surface area contributed by atoms with E-state index in [1.54, 1.807) is 18.2 Å². The van der Waals surface area contributed by atoms with Crippen molar-refractivity contribution in [3.8, 4) is 11.5 Å². The molecule has 1 aliphatic carbocycles. The van der Waals surface area contributed by atoms with Gasteiger partial charge in [0.25, 0.3) is 0 Å². The first-order chi connectivity index (χ1) is 14.9. The van der Waals surface area contributed by atoms with Crippen molar-refractivity contribution in [2.45, 2.75) is 49.6 Å². The van der Waals surface area contributed by atoms with E-state index < -0.39 is 10.0 Å². The number of fused-ring (bicyclic) bond motifs is 1.